The van der Waals surface area contributed by atoms with E-state index in [1.54, 1.807) is 22.9 Å². The number of nitrogens with zero attached hydrogens (tertiary/aromatic N) is 3. The van der Waals surface area contributed by atoms with Crippen LogP contribution in [-0.4, -0.2) is 61.0 Å². The molecular formula is C31H25F2N3O8. The van der Waals surface area contributed by atoms with Crippen molar-refractivity contribution in [2.24, 2.45) is 0 Å². The minimum Gasteiger partial charge on any atom is -0.464 e. The van der Waals surface area contributed by atoms with Gasteiger partial charge in [0, 0.05) is 35.5 Å². The number of furan rings is 1. The molecule has 2 aromatic carbocycles. The van der Waals surface area contributed by atoms with Gasteiger partial charge in [-0.2, -0.15) is 0 Å². The van der Waals surface area contributed by atoms with Crippen molar-refractivity contribution in [1.82, 2.24) is 9.58 Å². The topological polar surface area (TPSA) is 113 Å². The summed E-state index contributed by atoms with van der Waals surface area (Å²) < 4.78 is 59.0. The molecule has 226 valence electrons. The van der Waals surface area contributed by atoms with Crippen LogP contribution in [0.2, 0.25) is 0 Å². The molecule has 0 unspecified atom stereocenters. The second-order valence-electron chi connectivity index (χ2n) is 10.2. The monoisotopic (exact) mass is 605 g/mol. The zero-order valence-electron chi connectivity index (χ0n) is 23.3. The van der Waals surface area contributed by atoms with E-state index < -0.39 is 48.1 Å². The maximum absolute atomic E-state index is 15.8. The van der Waals surface area contributed by atoms with Gasteiger partial charge in [0.25, 0.3) is 5.91 Å². The molecule has 4 heterocycles. The molecule has 0 spiro atoms. The standard InChI is InChI=1S/C31H25F2N3O8/c1-2-41-31(39)44-16-43-29-22(37)9-11-35-27(29)30(38)34-12-14-40-15-23(34)36(35)26-17-5-3-4-6-18(17)28-20(10-13-42-28)24-19(26)7-8-21(32)25(24)33/h3-11,13,23,26H,2,12,14-16H2,1H3/t23-,26+/m1/s1. The van der Waals surface area contributed by atoms with Gasteiger partial charge in [-0.25, -0.2) is 13.6 Å². The van der Waals surface area contributed by atoms with Crippen molar-refractivity contribution < 1.29 is 41.7 Å². The number of ether oxygens (including phenoxy) is 4. The highest BCUT2D eigenvalue weighted by atomic mass is 19.2. The van der Waals surface area contributed by atoms with E-state index in [2.05, 4.69) is 0 Å². The molecule has 2 atom stereocenters. The average Bonchev–Trinajstić information content (AvgIpc) is 3.47. The van der Waals surface area contributed by atoms with Crippen LogP contribution in [0.5, 0.6) is 5.75 Å². The fraction of sp³-hybridized carbons (Fsp3) is 0.258. The molecule has 0 bridgehead atoms. The smallest absolute Gasteiger partial charge is 0.464 e. The summed E-state index contributed by atoms with van der Waals surface area (Å²) >= 11 is 0. The number of halogens is 2. The fourth-order valence-corrected chi connectivity index (χ4v) is 6.13. The first-order chi connectivity index (χ1) is 21.4. The third kappa shape index (κ3) is 4.22. The molecule has 7 rings (SSSR count). The van der Waals surface area contributed by atoms with Crippen LogP contribution in [0.4, 0.5) is 13.6 Å². The summed E-state index contributed by atoms with van der Waals surface area (Å²) in [6, 6.07) is 11.8. The van der Waals surface area contributed by atoms with Crippen molar-refractivity contribution in [3.63, 3.8) is 0 Å². The summed E-state index contributed by atoms with van der Waals surface area (Å²) in [5.74, 6) is -2.58. The van der Waals surface area contributed by atoms with Crippen molar-refractivity contribution in [2.75, 3.05) is 38.2 Å². The zero-order valence-corrected chi connectivity index (χ0v) is 23.3. The Morgan fingerprint density at radius 3 is 2.70 bits per heavy atom. The van der Waals surface area contributed by atoms with Gasteiger partial charge in [0.1, 0.15) is 11.9 Å². The molecule has 0 N–H and O–H groups in total. The fourth-order valence-electron chi connectivity index (χ4n) is 6.13. The Kier molecular flexibility index (Phi) is 6.81. The first kappa shape index (κ1) is 27.7. The van der Waals surface area contributed by atoms with E-state index >= 15 is 4.39 Å². The quantitative estimate of drug-likeness (QED) is 0.241. The highest BCUT2D eigenvalue weighted by Crippen LogP contribution is 2.49. The summed E-state index contributed by atoms with van der Waals surface area (Å²) in [6.45, 7) is 1.49. The van der Waals surface area contributed by atoms with Gasteiger partial charge >= 0.3 is 6.16 Å². The Labute approximate surface area is 248 Å². The van der Waals surface area contributed by atoms with Crippen LogP contribution < -0.4 is 15.2 Å². The van der Waals surface area contributed by atoms with Crippen molar-refractivity contribution in [3.05, 3.63) is 99.7 Å². The van der Waals surface area contributed by atoms with Gasteiger partial charge in [-0.15, -0.1) is 0 Å². The van der Waals surface area contributed by atoms with Crippen LogP contribution in [0.25, 0.3) is 22.5 Å². The van der Waals surface area contributed by atoms with Crippen molar-refractivity contribution in [1.29, 1.82) is 0 Å². The number of hydrogen-bond donors (Lipinski definition) is 0. The van der Waals surface area contributed by atoms with E-state index in [1.165, 1.54) is 29.3 Å². The summed E-state index contributed by atoms with van der Waals surface area (Å²) in [5, 5.41) is 1.79. The lowest BCUT2D eigenvalue weighted by Gasteiger charge is -2.51. The number of amides is 1. The molecular weight excluding hydrogens is 580 g/mol. The zero-order chi connectivity index (χ0) is 30.5. The van der Waals surface area contributed by atoms with Gasteiger partial charge in [0.05, 0.1) is 32.1 Å². The number of morpholine rings is 1. The minimum atomic E-state index is -1.05. The van der Waals surface area contributed by atoms with E-state index in [-0.39, 0.29) is 43.4 Å². The summed E-state index contributed by atoms with van der Waals surface area (Å²) in [5.41, 5.74) is 1.33. The Hall–Kier alpha value is -5.17. The molecule has 2 aliphatic heterocycles. The Balaban J connectivity index is 1.46. The van der Waals surface area contributed by atoms with E-state index in [0.717, 1.165) is 6.07 Å². The minimum absolute atomic E-state index is 0.0111. The highest BCUT2D eigenvalue weighted by molar-refractivity contribution is 5.97. The number of carbonyl (C=O) groups is 2. The lowest BCUT2D eigenvalue weighted by Crippen LogP contribution is -2.66. The SMILES string of the molecule is CCOC(=O)OCOc1c2n(ccc1=O)N([C@H]1c3ccccc3-c3occc3-c3c1ccc(F)c3F)[C@@H]1COCCN1C2=O. The van der Waals surface area contributed by atoms with Crippen LogP contribution in [0.15, 0.2) is 70.2 Å². The lowest BCUT2D eigenvalue weighted by molar-refractivity contribution is -0.0210. The van der Waals surface area contributed by atoms with E-state index in [0.29, 0.717) is 28.0 Å². The number of carbonyl (C=O) groups excluding carboxylic acids is 2. The average molecular weight is 606 g/mol. The molecule has 1 amide bonds. The number of hydrogen-bond acceptors (Lipinski definition) is 9. The molecule has 44 heavy (non-hydrogen) atoms. The Bertz CT molecular complexity index is 1850. The first-order valence-electron chi connectivity index (χ1n) is 13.9. The predicted octanol–water partition coefficient (Wildman–Crippen LogP) is 4.42. The molecule has 1 aliphatic carbocycles. The number of pyridine rings is 1. The largest absolute Gasteiger partial charge is 0.511 e. The van der Waals surface area contributed by atoms with E-state index in [1.807, 2.05) is 24.3 Å². The van der Waals surface area contributed by atoms with Crippen LogP contribution in [-0.2, 0) is 14.2 Å². The molecule has 3 aliphatic rings. The van der Waals surface area contributed by atoms with Gasteiger partial charge < -0.3 is 28.3 Å². The van der Waals surface area contributed by atoms with E-state index in [9.17, 15) is 18.8 Å². The first-order valence-corrected chi connectivity index (χ1v) is 13.9. The van der Waals surface area contributed by atoms with E-state index in [4.69, 9.17) is 23.4 Å². The van der Waals surface area contributed by atoms with Gasteiger partial charge in [0.15, 0.2) is 17.3 Å². The van der Waals surface area contributed by atoms with Crippen LogP contribution in [0.3, 0.4) is 0 Å². The van der Waals surface area contributed by atoms with Gasteiger partial charge in [0.2, 0.25) is 18.0 Å². The second-order valence-corrected chi connectivity index (χ2v) is 10.2. The molecule has 13 heteroatoms. The summed E-state index contributed by atoms with van der Waals surface area (Å²) in [6.07, 6.45) is 1.12. The molecule has 11 nitrogen and oxygen atoms in total. The molecule has 2 aromatic heterocycles. The predicted molar refractivity (Wildman–Crippen MR) is 150 cm³/mol. The van der Waals surface area contributed by atoms with Crippen LogP contribution in [0, 0.1) is 11.6 Å². The van der Waals surface area contributed by atoms with Crippen molar-refractivity contribution >= 4 is 12.1 Å². The number of benzene rings is 2. The molecule has 1 fully saturated rings. The molecule has 1 saturated heterocycles. The number of aromatic nitrogens is 1. The van der Waals surface area contributed by atoms with Gasteiger partial charge in [-0.05, 0) is 30.2 Å². The van der Waals surface area contributed by atoms with Crippen LogP contribution >= 0.6 is 0 Å². The normalized spacial score (nSPS) is 18.3. The third-order valence-electron chi connectivity index (χ3n) is 7.92. The summed E-state index contributed by atoms with van der Waals surface area (Å²) in [7, 11) is 0. The third-order valence-corrected chi connectivity index (χ3v) is 7.92. The number of fused-ring (bicyclic) bond motifs is 7. The van der Waals surface area contributed by atoms with Crippen molar-refractivity contribution in [3.8, 4) is 28.2 Å². The van der Waals surface area contributed by atoms with Gasteiger partial charge in [-0.1, -0.05) is 30.3 Å². The lowest BCUT2D eigenvalue weighted by atomic mass is 9.92. The highest BCUT2D eigenvalue weighted by Gasteiger charge is 2.47. The van der Waals surface area contributed by atoms with Gasteiger partial charge in [-0.3, -0.25) is 19.3 Å². The molecule has 0 saturated carbocycles. The second kappa shape index (κ2) is 10.8. The molecule has 4 aromatic rings. The van der Waals surface area contributed by atoms with Crippen molar-refractivity contribution in [2.45, 2.75) is 19.1 Å². The Morgan fingerprint density at radius 1 is 1.02 bits per heavy atom. The summed E-state index contributed by atoms with van der Waals surface area (Å²) in [4.78, 5) is 40.4. The Morgan fingerprint density at radius 2 is 1.86 bits per heavy atom. The number of rotatable bonds is 5. The van der Waals surface area contributed by atoms with Crippen LogP contribution in [0.1, 0.15) is 34.6 Å². The maximum atomic E-state index is 15.8. The maximum Gasteiger partial charge on any atom is 0.511 e. The molecule has 0 radical (unpaired) electrons.